The highest BCUT2D eigenvalue weighted by molar-refractivity contribution is 7.96. The third-order valence-corrected chi connectivity index (χ3v) is 10.0. The Bertz CT molecular complexity index is 1900. The Morgan fingerprint density at radius 1 is 1.17 bits per heavy atom. The maximum Gasteiger partial charge on any atom is 0.490 e. The van der Waals surface area contributed by atoms with E-state index in [4.69, 9.17) is 14.4 Å². The number of hydrogen-bond donors (Lipinski definition) is 1. The summed E-state index contributed by atoms with van der Waals surface area (Å²) >= 11 is 0. The van der Waals surface area contributed by atoms with Crippen LogP contribution in [0.15, 0.2) is 50.5 Å². The summed E-state index contributed by atoms with van der Waals surface area (Å²) in [4.78, 5) is 23.9. The molecule has 3 aromatic rings. The van der Waals surface area contributed by atoms with E-state index in [1.807, 2.05) is 0 Å². The van der Waals surface area contributed by atoms with Gasteiger partial charge in [0, 0.05) is 28.3 Å². The molecule has 0 saturated carbocycles. The molecule has 3 atom stereocenters. The molecular formula is C26H24F8N6O5S. The average Bonchev–Trinajstić information content (AvgIpc) is 3.47. The topological polar surface area (TPSA) is 155 Å². The first-order chi connectivity index (χ1) is 22.3. The van der Waals surface area contributed by atoms with E-state index in [2.05, 4.69) is 34.0 Å². The fraction of sp³-hybridized carbons (Fsp3) is 0.423. The molecule has 1 aromatic carbocycles. The van der Waals surface area contributed by atoms with Gasteiger partial charge in [-0.15, -0.1) is 0 Å². The predicted molar refractivity (Wildman–Crippen MR) is 145 cm³/mol. The highest BCUT2D eigenvalue weighted by Gasteiger charge is 2.59. The number of carbonyl (C=O) groups excluding carboxylic acids is 1. The maximum absolute atomic E-state index is 15.6. The van der Waals surface area contributed by atoms with Crippen LogP contribution in [0.25, 0.3) is 22.8 Å². The van der Waals surface area contributed by atoms with Gasteiger partial charge in [0.25, 0.3) is 0 Å². The van der Waals surface area contributed by atoms with Crippen LogP contribution in [0.4, 0.5) is 35.1 Å². The van der Waals surface area contributed by atoms with Gasteiger partial charge in [-0.1, -0.05) is 5.16 Å². The molecule has 0 fully saturated rings. The number of carbonyl (C=O) groups is 1. The SMILES string of the molecule is [2H]C([2H])([2H])N=[S@]1(=O)C(OC(=O)C(F)(F)F)[C@@](C)(c2cc(-c3cc(-c4ncc(OCC(F)(F)C(F)F)cn4)no3)ccc2F)N=C(N)C1(C)C. The molecule has 1 aliphatic rings. The number of benzene rings is 1. The maximum atomic E-state index is 15.6. The lowest BCUT2D eigenvalue weighted by Crippen LogP contribution is -2.61. The third kappa shape index (κ3) is 6.08. The molecule has 2 N–H and O–H groups in total. The van der Waals surface area contributed by atoms with E-state index in [-0.39, 0.29) is 28.6 Å². The van der Waals surface area contributed by atoms with E-state index in [0.717, 1.165) is 51.4 Å². The van der Waals surface area contributed by atoms with Crippen LogP contribution in [-0.4, -0.2) is 73.4 Å². The van der Waals surface area contributed by atoms with Gasteiger partial charge < -0.3 is 19.7 Å². The molecule has 1 aliphatic heterocycles. The first-order valence-electron chi connectivity index (χ1n) is 14.1. The smallest absolute Gasteiger partial charge is 0.484 e. The van der Waals surface area contributed by atoms with Crippen LogP contribution in [0.1, 0.15) is 30.4 Å². The van der Waals surface area contributed by atoms with Crippen LogP contribution in [0.3, 0.4) is 0 Å². The quantitative estimate of drug-likeness (QED) is 0.251. The molecule has 3 heterocycles. The number of esters is 1. The summed E-state index contributed by atoms with van der Waals surface area (Å²) in [6.45, 7) is -2.05. The van der Waals surface area contributed by atoms with Crippen molar-refractivity contribution in [2.45, 2.75) is 55.0 Å². The molecule has 2 aromatic heterocycles. The number of amidine groups is 1. The molecule has 20 heteroatoms. The Labute approximate surface area is 259 Å². The van der Waals surface area contributed by atoms with Gasteiger partial charge in [0.2, 0.25) is 5.44 Å². The minimum Gasteiger partial charge on any atom is -0.484 e. The van der Waals surface area contributed by atoms with Crippen molar-refractivity contribution >= 4 is 21.5 Å². The molecule has 250 valence electrons. The molecule has 0 saturated heterocycles. The van der Waals surface area contributed by atoms with Gasteiger partial charge in [0.05, 0.1) is 12.4 Å². The van der Waals surface area contributed by atoms with Crippen LogP contribution in [-0.2, 0) is 24.8 Å². The van der Waals surface area contributed by atoms with E-state index in [1.54, 1.807) is 0 Å². The summed E-state index contributed by atoms with van der Waals surface area (Å²) in [5.74, 6) is -9.86. The molecule has 1 unspecified atom stereocenters. The number of nitrogens with two attached hydrogens (primary N) is 1. The van der Waals surface area contributed by atoms with Crippen LogP contribution in [0.2, 0.25) is 0 Å². The first kappa shape index (κ1) is 30.3. The number of aromatic nitrogens is 3. The number of ether oxygens (including phenoxy) is 2. The van der Waals surface area contributed by atoms with Gasteiger partial charge in [0.15, 0.2) is 29.6 Å². The zero-order chi connectivity index (χ0) is 37.0. The Balaban J connectivity index is 1.79. The van der Waals surface area contributed by atoms with Gasteiger partial charge in [-0.2, -0.15) is 22.0 Å². The molecular weight excluding hydrogens is 660 g/mol. The highest BCUT2D eigenvalue weighted by atomic mass is 32.2. The normalized spacial score (nSPS) is 24.4. The van der Waals surface area contributed by atoms with Crippen molar-refractivity contribution in [2.24, 2.45) is 15.1 Å². The second-order valence-electron chi connectivity index (χ2n) is 10.4. The summed E-state index contributed by atoms with van der Waals surface area (Å²) in [6.07, 6.45) is -7.88. The summed E-state index contributed by atoms with van der Waals surface area (Å²) in [5.41, 5.74) is -0.0298. The van der Waals surface area contributed by atoms with Gasteiger partial charge in [-0.25, -0.2) is 36.5 Å². The molecule has 11 nitrogen and oxygen atoms in total. The van der Waals surface area contributed by atoms with Crippen molar-refractivity contribution < 1.29 is 62.2 Å². The Morgan fingerprint density at radius 2 is 1.83 bits per heavy atom. The van der Waals surface area contributed by atoms with Crippen molar-refractivity contribution in [1.29, 1.82) is 0 Å². The number of rotatable bonds is 8. The fourth-order valence-corrected chi connectivity index (χ4v) is 6.43. The van der Waals surface area contributed by atoms with Crippen molar-refractivity contribution in [2.75, 3.05) is 13.6 Å². The van der Waals surface area contributed by atoms with Crippen molar-refractivity contribution in [3.8, 4) is 28.6 Å². The molecule has 0 bridgehead atoms. The van der Waals surface area contributed by atoms with Gasteiger partial charge in [0.1, 0.15) is 31.7 Å². The van der Waals surface area contributed by atoms with Crippen LogP contribution in [0.5, 0.6) is 5.75 Å². The van der Waals surface area contributed by atoms with E-state index < -0.39 is 80.7 Å². The lowest BCUT2D eigenvalue weighted by molar-refractivity contribution is -0.203. The number of hydrogen-bond acceptors (Lipinski definition) is 11. The van der Waals surface area contributed by atoms with E-state index in [9.17, 15) is 39.7 Å². The zero-order valence-corrected chi connectivity index (χ0v) is 24.4. The number of nitrogens with zero attached hydrogens (tertiary/aromatic N) is 5. The molecule has 46 heavy (non-hydrogen) atoms. The van der Waals surface area contributed by atoms with Crippen molar-refractivity contribution in [3.63, 3.8) is 0 Å². The number of halogens is 8. The van der Waals surface area contributed by atoms with E-state index in [1.165, 1.54) is 6.07 Å². The Kier molecular flexibility index (Phi) is 7.76. The standard InChI is InChI=1S/C26H24F8N6O5S/c1-23(2)20(35)39-24(3,22(46(23,42)36-4)44-21(41)26(32,33)34)14-7-12(5-6-15(14)27)17-8-16(40-45-17)18-37-9-13(10-38-18)43-11-25(30,31)19(28)29/h5-10,19,22H,11H2,1-4H3,(H2,35,39)/t22?,24-,46+/m1/s1/i4D3. The predicted octanol–water partition coefficient (Wildman–Crippen LogP) is 5.11. The van der Waals surface area contributed by atoms with Crippen LogP contribution < -0.4 is 10.5 Å². The van der Waals surface area contributed by atoms with Crippen molar-refractivity contribution in [3.05, 3.63) is 48.0 Å². The van der Waals surface area contributed by atoms with E-state index >= 15 is 4.39 Å². The lowest BCUT2D eigenvalue weighted by Gasteiger charge is -2.45. The number of alkyl halides is 7. The second kappa shape index (κ2) is 11.8. The fourth-order valence-electron chi connectivity index (χ4n) is 4.21. The molecule has 0 spiro atoms. The van der Waals surface area contributed by atoms with Crippen LogP contribution >= 0.6 is 0 Å². The lowest BCUT2D eigenvalue weighted by atomic mass is 9.90. The molecule has 0 radical (unpaired) electrons. The van der Waals surface area contributed by atoms with Crippen molar-refractivity contribution in [1.82, 2.24) is 15.1 Å². The van der Waals surface area contributed by atoms with Gasteiger partial charge in [-0.05, 0) is 39.0 Å². The Hall–Kier alpha value is -4.36. The Morgan fingerprint density at radius 3 is 2.41 bits per heavy atom. The van der Waals surface area contributed by atoms with Gasteiger partial charge in [-0.3, -0.25) is 4.99 Å². The molecule has 0 aliphatic carbocycles. The zero-order valence-electron chi connectivity index (χ0n) is 26.6. The highest BCUT2D eigenvalue weighted by Crippen LogP contribution is 2.46. The number of aliphatic imine (C=N–C) groups is 1. The summed E-state index contributed by atoms with van der Waals surface area (Å²) < 4.78 is 160. The first-order valence-corrected chi connectivity index (χ1v) is 14.2. The summed E-state index contributed by atoms with van der Waals surface area (Å²) in [5, 5.41) is 3.74. The summed E-state index contributed by atoms with van der Waals surface area (Å²) in [6, 6.07) is 4.07. The molecule has 0 amide bonds. The third-order valence-electron chi connectivity index (χ3n) is 6.95. The van der Waals surface area contributed by atoms with E-state index in [0.29, 0.717) is 0 Å². The minimum atomic E-state index is -5.67. The van der Waals surface area contributed by atoms with Gasteiger partial charge >= 0.3 is 24.5 Å². The monoisotopic (exact) mass is 687 g/mol. The second-order valence-corrected chi connectivity index (χ2v) is 13.2. The van der Waals surface area contributed by atoms with Crippen LogP contribution in [0, 0.1) is 5.82 Å². The average molecular weight is 688 g/mol. The minimum absolute atomic E-state index is 0.0516. The largest absolute Gasteiger partial charge is 0.490 e. The molecule has 4 rings (SSSR count). The summed E-state index contributed by atoms with van der Waals surface area (Å²) in [7, 11) is -4.72.